The highest BCUT2D eigenvalue weighted by atomic mass is 79.9. The van der Waals surface area contributed by atoms with Gasteiger partial charge in [-0.15, -0.1) is 0 Å². The Morgan fingerprint density at radius 2 is 1.86 bits per heavy atom. The molecule has 2 aliphatic rings. The Bertz CT molecular complexity index is 1390. The summed E-state index contributed by atoms with van der Waals surface area (Å²) in [6, 6.07) is 17.9. The zero-order valence-electron chi connectivity index (χ0n) is 20.3. The summed E-state index contributed by atoms with van der Waals surface area (Å²) in [5.74, 6) is 1.91. The van der Waals surface area contributed by atoms with Crippen LogP contribution in [0.2, 0.25) is 0 Å². The molecule has 0 spiro atoms. The van der Waals surface area contributed by atoms with Gasteiger partial charge >= 0.3 is 0 Å². The molecule has 0 aliphatic carbocycles. The standard InChI is InChI=1S/C28H25BrN2O6/c1-17(19-8-10-24-25(15-19)36-12-11-35-24)30-27(32)16-31-21-5-3-4-6-23(21)37-26(28(31)33)14-18-7-9-22(34-2)20(29)13-18/h3-10,13-15,17H,11-12,16H2,1-2H3,(H,30,32)/b26-14-/t17-/m1/s1. The first-order chi connectivity index (χ1) is 17.9. The molecule has 2 amide bonds. The van der Waals surface area contributed by atoms with Crippen LogP contribution in [-0.2, 0) is 9.59 Å². The molecule has 9 heteroatoms. The third-order valence-corrected chi connectivity index (χ3v) is 6.67. The predicted molar refractivity (Wildman–Crippen MR) is 142 cm³/mol. The number of benzene rings is 3. The summed E-state index contributed by atoms with van der Waals surface area (Å²) in [6.45, 7) is 2.71. The summed E-state index contributed by atoms with van der Waals surface area (Å²) in [5, 5.41) is 2.98. The monoisotopic (exact) mass is 564 g/mol. The number of ether oxygens (including phenoxy) is 4. The molecule has 2 aliphatic heterocycles. The average molecular weight is 565 g/mol. The maximum absolute atomic E-state index is 13.4. The van der Waals surface area contributed by atoms with Crippen molar-refractivity contribution in [2.45, 2.75) is 13.0 Å². The number of hydrogen-bond acceptors (Lipinski definition) is 6. The predicted octanol–water partition coefficient (Wildman–Crippen LogP) is 4.87. The van der Waals surface area contributed by atoms with E-state index in [0.29, 0.717) is 41.9 Å². The number of para-hydroxylation sites is 2. The second kappa shape index (κ2) is 10.6. The zero-order chi connectivity index (χ0) is 25.9. The van der Waals surface area contributed by atoms with Gasteiger partial charge < -0.3 is 24.3 Å². The minimum absolute atomic E-state index is 0.114. The van der Waals surface area contributed by atoms with Crippen molar-refractivity contribution in [1.82, 2.24) is 5.32 Å². The van der Waals surface area contributed by atoms with Gasteiger partial charge in [0, 0.05) is 0 Å². The summed E-state index contributed by atoms with van der Waals surface area (Å²) in [5.41, 5.74) is 2.15. The van der Waals surface area contributed by atoms with Gasteiger partial charge in [0.15, 0.2) is 23.0 Å². The van der Waals surface area contributed by atoms with Gasteiger partial charge in [-0.3, -0.25) is 14.5 Å². The Kier molecular flexibility index (Phi) is 7.05. The topological polar surface area (TPSA) is 86.3 Å². The van der Waals surface area contributed by atoms with Crippen molar-refractivity contribution in [2.75, 3.05) is 31.8 Å². The van der Waals surface area contributed by atoms with E-state index in [1.54, 1.807) is 37.5 Å². The normalized spacial score (nSPS) is 16.0. The fourth-order valence-electron chi connectivity index (χ4n) is 4.19. The molecule has 3 aromatic rings. The molecule has 37 heavy (non-hydrogen) atoms. The Hall–Kier alpha value is -3.98. The van der Waals surface area contributed by atoms with Gasteiger partial charge in [-0.05, 0) is 76.5 Å². The first kappa shape index (κ1) is 24.7. The third kappa shape index (κ3) is 5.27. The number of hydrogen-bond donors (Lipinski definition) is 1. The van der Waals surface area contributed by atoms with E-state index in [-0.39, 0.29) is 24.3 Å². The number of anilines is 1. The Labute approximate surface area is 222 Å². The van der Waals surface area contributed by atoms with Gasteiger partial charge in [0.1, 0.15) is 25.5 Å². The van der Waals surface area contributed by atoms with Crippen LogP contribution in [0.15, 0.2) is 70.9 Å². The molecule has 1 atom stereocenters. The van der Waals surface area contributed by atoms with Crippen LogP contribution in [0.25, 0.3) is 6.08 Å². The zero-order valence-corrected chi connectivity index (χ0v) is 21.9. The molecule has 5 rings (SSSR count). The molecule has 8 nitrogen and oxygen atoms in total. The van der Waals surface area contributed by atoms with Crippen molar-refractivity contribution in [3.05, 3.63) is 82.0 Å². The molecular weight excluding hydrogens is 540 g/mol. The highest BCUT2D eigenvalue weighted by Gasteiger charge is 2.32. The van der Waals surface area contributed by atoms with Gasteiger partial charge in [0.2, 0.25) is 5.91 Å². The Morgan fingerprint density at radius 3 is 2.65 bits per heavy atom. The first-order valence-corrected chi connectivity index (χ1v) is 12.5. The van der Waals surface area contributed by atoms with Crippen LogP contribution < -0.4 is 29.2 Å². The number of rotatable bonds is 6. The van der Waals surface area contributed by atoms with Crippen molar-refractivity contribution in [2.24, 2.45) is 0 Å². The van der Waals surface area contributed by atoms with E-state index in [2.05, 4.69) is 21.2 Å². The lowest BCUT2D eigenvalue weighted by molar-refractivity contribution is -0.123. The highest BCUT2D eigenvalue weighted by molar-refractivity contribution is 9.10. The van der Waals surface area contributed by atoms with Crippen LogP contribution in [0, 0.1) is 0 Å². The van der Waals surface area contributed by atoms with E-state index in [1.165, 1.54) is 4.90 Å². The molecule has 2 heterocycles. The highest BCUT2D eigenvalue weighted by Crippen LogP contribution is 2.36. The molecule has 190 valence electrons. The van der Waals surface area contributed by atoms with E-state index in [4.69, 9.17) is 18.9 Å². The molecule has 3 aromatic carbocycles. The summed E-state index contributed by atoms with van der Waals surface area (Å²) in [4.78, 5) is 27.9. The molecule has 0 fully saturated rings. The van der Waals surface area contributed by atoms with Crippen molar-refractivity contribution in [3.8, 4) is 23.0 Å². The maximum atomic E-state index is 13.4. The smallest absolute Gasteiger partial charge is 0.294 e. The average Bonchev–Trinajstić information content (AvgIpc) is 2.90. The number of fused-ring (bicyclic) bond motifs is 2. The van der Waals surface area contributed by atoms with Gasteiger partial charge in [-0.25, -0.2) is 0 Å². The van der Waals surface area contributed by atoms with Crippen LogP contribution in [0.3, 0.4) is 0 Å². The minimum Gasteiger partial charge on any atom is -0.496 e. The molecule has 0 unspecified atom stereocenters. The molecule has 0 saturated heterocycles. The lowest BCUT2D eigenvalue weighted by Crippen LogP contribution is -2.44. The number of methoxy groups -OCH3 is 1. The quantitative estimate of drug-likeness (QED) is 0.430. The van der Waals surface area contributed by atoms with Crippen LogP contribution in [0.1, 0.15) is 24.1 Å². The van der Waals surface area contributed by atoms with Gasteiger partial charge in [0.05, 0.1) is 23.3 Å². The van der Waals surface area contributed by atoms with E-state index in [1.807, 2.05) is 43.3 Å². The van der Waals surface area contributed by atoms with E-state index in [9.17, 15) is 9.59 Å². The molecule has 0 bridgehead atoms. The van der Waals surface area contributed by atoms with Crippen LogP contribution in [0.5, 0.6) is 23.0 Å². The van der Waals surface area contributed by atoms with Gasteiger partial charge in [0.25, 0.3) is 5.91 Å². The molecule has 0 radical (unpaired) electrons. The molecule has 1 N–H and O–H groups in total. The Balaban J connectivity index is 1.35. The largest absolute Gasteiger partial charge is 0.496 e. The van der Waals surface area contributed by atoms with Crippen molar-refractivity contribution in [1.29, 1.82) is 0 Å². The van der Waals surface area contributed by atoms with Crippen LogP contribution >= 0.6 is 15.9 Å². The summed E-state index contributed by atoms with van der Waals surface area (Å²) < 4.78 is 23.2. The summed E-state index contributed by atoms with van der Waals surface area (Å²) in [6.07, 6.45) is 1.64. The van der Waals surface area contributed by atoms with Gasteiger partial charge in [-0.2, -0.15) is 0 Å². The lowest BCUT2D eigenvalue weighted by atomic mass is 10.1. The molecular formula is C28H25BrN2O6. The van der Waals surface area contributed by atoms with E-state index >= 15 is 0 Å². The van der Waals surface area contributed by atoms with E-state index < -0.39 is 5.91 Å². The fraction of sp³-hybridized carbons (Fsp3) is 0.214. The number of halogens is 1. The number of amides is 2. The summed E-state index contributed by atoms with van der Waals surface area (Å²) >= 11 is 3.46. The van der Waals surface area contributed by atoms with Crippen molar-refractivity contribution in [3.63, 3.8) is 0 Å². The lowest BCUT2D eigenvalue weighted by Gasteiger charge is -2.30. The number of carbonyl (C=O) groups excluding carboxylic acids is 2. The number of nitrogens with zero attached hydrogens (tertiary/aromatic N) is 1. The number of nitrogens with one attached hydrogen (secondary N) is 1. The van der Waals surface area contributed by atoms with E-state index in [0.717, 1.165) is 15.6 Å². The minimum atomic E-state index is -0.409. The van der Waals surface area contributed by atoms with Crippen molar-refractivity contribution >= 4 is 39.5 Å². The maximum Gasteiger partial charge on any atom is 0.294 e. The molecule has 0 saturated carbocycles. The second-order valence-corrected chi connectivity index (χ2v) is 9.41. The number of carbonyl (C=O) groups is 2. The van der Waals surface area contributed by atoms with Crippen LogP contribution in [0.4, 0.5) is 5.69 Å². The SMILES string of the molecule is COc1ccc(/C=C2\Oc3ccccc3N(CC(=O)N[C@H](C)c3ccc4c(c3)OCCO4)C2=O)cc1Br. The second-order valence-electron chi connectivity index (χ2n) is 8.56. The summed E-state index contributed by atoms with van der Waals surface area (Å²) in [7, 11) is 1.58. The van der Waals surface area contributed by atoms with Gasteiger partial charge in [-0.1, -0.05) is 24.3 Å². The first-order valence-electron chi connectivity index (χ1n) is 11.8. The van der Waals surface area contributed by atoms with Crippen molar-refractivity contribution < 1.29 is 28.5 Å². The Morgan fingerprint density at radius 1 is 1.08 bits per heavy atom. The molecule has 0 aromatic heterocycles. The van der Waals surface area contributed by atoms with Crippen LogP contribution in [-0.4, -0.2) is 38.7 Å². The fourth-order valence-corrected chi connectivity index (χ4v) is 4.74. The third-order valence-electron chi connectivity index (χ3n) is 6.05.